The molecule has 0 bridgehead atoms. The predicted octanol–water partition coefficient (Wildman–Crippen LogP) is -1.19. The van der Waals surface area contributed by atoms with E-state index in [9.17, 15) is 0 Å². The minimum Gasteiger partial charge on any atom is -0.395 e. The molecular formula is C8H18N2O2. The summed E-state index contributed by atoms with van der Waals surface area (Å²) in [5.41, 5.74) is 5.72. The second-order valence-corrected chi connectivity index (χ2v) is 3.50. The number of rotatable bonds is 4. The highest BCUT2D eigenvalue weighted by Crippen LogP contribution is 2.17. The van der Waals surface area contributed by atoms with Gasteiger partial charge in [-0.25, -0.2) is 0 Å². The lowest BCUT2D eigenvalue weighted by molar-refractivity contribution is 0.162. The Labute approximate surface area is 72.8 Å². The number of hydrogen-bond acceptors (Lipinski definition) is 4. The zero-order valence-electron chi connectivity index (χ0n) is 7.24. The van der Waals surface area contributed by atoms with Crippen LogP contribution < -0.4 is 11.1 Å². The first-order valence-electron chi connectivity index (χ1n) is 4.49. The van der Waals surface area contributed by atoms with Crippen LogP contribution >= 0.6 is 0 Å². The van der Waals surface area contributed by atoms with Crippen LogP contribution in [0.1, 0.15) is 19.3 Å². The van der Waals surface area contributed by atoms with Crippen LogP contribution in [0.2, 0.25) is 0 Å². The summed E-state index contributed by atoms with van der Waals surface area (Å²) >= 11 is 0. The zero-order chi connectivity index (χ0) is 8.97. The first-order valence-corrected chi connectivity index (χ1v) is 4.49. The second-order valence-electron chi connectivity index (χ2n) is 3.50. The van der Waals surface area contributed by atoms with Crippen LogP contribution in [0.5, 0.6) is 0 Å². The third-order valence-electron chi connectivity index (χ3n) is 2.39. The second kappa shape index (κ2) is 4.77. The maximum Gasteiger partial charge on any atom is 0.0607 e. The minimum atomic E-state index is -0.180. The highest BCUT2D eigenvalue weighted by Gasteiger charge is 2.23. The van der Waals surface area contributed by atoms with Crippen molar-refractivity contribution in [2.24, 2.45) is 5.73 Å². The van der Waals surface area contributed by atoms with E-state index in [0.29, 0.717) is 12.1 Å². The van der Waals surface area contributed by atoms with E-state index in [-0.39, 0.29) is 19.3 Å². The maximum absolute atomic E-state index is 8.80. The molecule has 1 rings (SSSR count). The number of hydrogen-bond donors (Lipinski definition) is 4. The molecule has 72 valence electrons. The Morgan fingerprint density at radius 1 is 1.33 bits per heavy atom. The third kappa shape index (κ3) is 2.71. The third-order valence-corrected chi connectivity index (χ3v) is 2.39. The van der Waals surface area contributed by atoms with E-state index in [1.807, 2.05) is 0 Å². The predicted molar refractivity (Wildman–Crippen MR) is 46.7 cm³/mol. The lowest BCUT2D eigenvalue weighted by atomic mass is 10.2. The quantitative estimate of drug-likeness (QED) is 0.432. The first kappa shape index (κ1) is 9.92. The summed E-state index contributed by atoms with van der Waals surface area (Å²) in [4.78, 5) is 0. The standard InChI is InChI=1S/C8H18N2O2/c9-6-1-2-7(3-6)10-8(4-11)5-12/h6-8,10-12H,1-5,9H2. The number of aliphatic hydroxyl groups excluding tert-OH is 2. The fraction of sp³-hybridized carbons (Fsp3) is 1.00. The molecule has 4 heteroatoms. The van der Waals surface area contributed by atoms with Crippen LogP contribution in [0.3, 0.4) is 0 Å². The average Bonchev–Trinajstić information content (AvgIpc) is 2.47. The van der Waals surface area contributed by atoms with Crippen molar-refractivity contribution < 1.29 is 10.2 Å². The molecule has 5 N–H and O–H groups in total. The van der Waals surface area contributed by atoms with Gasteiger partial charge in [-0.1, -0.05) is 0 Å². The van der Waals surface area contributed by atoms with Crippen molar-refractivity contribution in [2.75, 3.05) is 13.2 Å². The Hall–Kier alpha value is -0.160. The van der Waals surface area contributed by atoms with Crippen LogP contribution in [-0.4, -0.2) is 41.6 Å². The Morgan fingerprint density at radius 3 is 2.42 bits per heavy atom. The Morgan fingerprint density at radius 2 is 2.00 bits per heavy atom. The maximum atomic E-state index is 8.80. The van der Waals surface area contributed by atoms with Crippen LogP contribution in [0, 0.1) is 0 Å². The van der Waals surface area contributed by atoms with Gasteiger partial charge in [0.25, 0.3) is 0 Å². The SMILES string of the molecule is NC1CCC(NC(CO)CO)C1. The molecule has 12 heavy (non-hydrogen) atoms. The molecule has 0 aliphatic heterocycles. The summed E-state index contributed by atoms with van der Waals surface area (Å²) < 4.78 is 0. The monoisotopic (exact) mass is 174 g/mol. The minimum absolute atomic E-state index is 0.0117. The van der Waals surface area contributed by atoms with Crippen LogP contribution in [-0.2, 0) is 0 Å². The van der Waals surface area contributed by atoms with Gasteiger partial charge in [0.2, 0.25) is 0 Å². The molecule has 4 nitrogen and oxygen atoms in total. The highest BCUT2D eigenvalue weighted by atomic mass is 16.3. The normalized spacial score (nSPS) is 30.0. The summed E-state index contributed by atoms with van der Waals surface area (Å²) in [6, 6.07) is 0.491. The van der Waals surface area contributed by atoms with E-state index in [0.717, 1.165) is 19.3 Å². The van der Waals surface area contributed by atoms with Crippen molar-refractivity contribution >= 4 is 0 Å². The lowest BCUT2D eigenvalue weighted by Gasteiger charge is -2.18. The molecule has 0 aromatic rings. The van der Waals surface area contributed by atoms with E-state index in [1.165, 1.54) is 0 Å². The van der Waals surface area contributed by atoms with E-state index in [2.05, 4.69) is 5.32 Å². The van der Waals surface area contributed by atoms with E-state index in [4.69, 9.17) is 15.9 Å². The van der Waals surface area contributed by atoms with Gasteiger partial charge in [0.15, 0.2) is 0 Å². The van der Waals surface area contributed by atoms with Gasteiger partial charge in [-0.2, -0.15) is 0 Å². The molecule has 0 saturated heterocycles. The average molecular weight is 174 g/mol. The molecule has 2 atom stereocenters. The molecule has 1 aliphatic rings. The van der Waals surface area contributed by atoms with Gasteiger partial charge in [-0.15, -0.1) is 0 Å². The Balaban J connectivity index is 2.21. The summed E-state index contributed by atoms with van der Waals surface area (Å²) in [7, 11) is 0. The van der Waals surface area contributed by atoms with E-state index < -0.39 is 0 Å². The Kier molecular flexibility index (Phi) is 3.94. The molecule has 0 radical (unpaired) electrons. The van der Waals surface area contributed by atoms with Gasteiger partial charge < -0.3 is 21.3 Å². The molecule has 0 heterocycles. The van der Waals surface area contributed by atoms with Gasteiger partial charge >= 0.3 is 0 Å². The van der Waals surface area contributed by atoms with Gasteiger partial charge in [-0.3, -0.25) is 0 Å². The van der Waals surface area contributed by atoms with Crippen molar-refractivity contribution in [1.29, 1.82) is 0 Å². The van der Waals surface area contributed by atoms with Crippen molar-refractivity contribution in [3.8, 4) is 0 Å². The largest absolute Gasteiger partial charge is 0.395 e. The molecule has 2 unspecified atom stereocenters. The van der Waals surface area contributed by atoms with Gasteiger partial charge in [0, 0.05) is 12.1 Å². The summed E-state index contributed by atoms with van der Waals surface area (Å²) in [6.45, 7) is -0.0233. The highest BCUT2D eigenvalue weighted by molar-refractivity contribution is 4.84. The number of nitrogens with one attached hydrogen (secondary N) is 1. The van der Waals surface area contributed by atoms with E-state index >= 15 is 0 Å². The molecule has 1 aliphatic carbocycles. The molecule has 1 fully saturated rings. The van der Waals surface area contributed by atoms with Crippen molar-refractivity contribution in [3.05, 3.63) is 0 Å². The first-order chi connectivity index (χ1) is 5.76. The molecule has 0 aromatic carbocycles. The molecule has 0 aromatic heterocycles. The smallest absolute Gasteiger partial charge is 0.0607 e. The molecule has 1 saturated carbocycles. The molecular weight excluding hydrogens is 156 g/mol. The van der Waals surface area contributed by atoms with E-state index in [1.54, 1.807) is 0 Å². The van der Waals surface area contributed by atoms with Gasteiger partial charge in [0.1, 0.15) is 0 Å². The zero-order valence-corrected chi connectivity index (χ0v) is 7.24. The van der Waals surface area contributed by atoms with Crippen LogP contribution in [0.15, 0.2) is 0 Å². The topological polar surface area (TPSA) is 78.5 Å². The van der Waals surface area contributed by atoms with Crippen LogP contribution in [0.25, 0.3) is 0 Å². The van der Waals surface area contributed by atoms with Gasteiger partial charge in [-0.05, 0) is 19.3 Å². The number of nitrogens with two attached hydrogens (primary N) is 1. The van der Waals surface area contributed by atoms with Crippen molar-refractivity contribution in [2.45, 2.75) is 37.4 Å². The summed E-state index contributed by atoms with van der Waals surface area (Å²) in [6.07, 6.45) is 3.05. The Bertz CT molecular complexity index is 128. The number of aliphatic hydroxyl groups is 2. The fourth-order valence-electron chi connectivity index (χ4n) is 1.66. The summed E-state index contributed by atoms with van der Waals surface area (Å²) in [5.74, 6) is 0. The van der Waals surface area contributed by atoms with Gasteiger partial charge in [0.05, 0.1) is 19.3 Å². The van der Waals surface area contributed by atoms with Crippen molar-refractivity contribution in [1.82, 2.24) is 5.32 Å². The molecule has 0 spiro atoms. The summed E-state index contributed by atoms with van der Waals surface area (Å²) in [5, 5.41) is 20.8. The molecule has 0 amide bonds. The van der Waals surface area contributed by atoms with Crippen molar-refractivity contribution in [3.63, 3.8) is 0 Å². The fourth-order valence-corrected chi connectivity index (χ4v) is 1.66. The lowest BCUT2D eigenvalue weighted by Crippen LogP contribution is -2.42. The van der Waals surface area contributed by atoms with Crippen LogP contribution in [0.4, 0.5) is 0 Å².